The van der Waals surface area contributed by atoms with E-state index in [-0.39, 0.29) is 13.0 Å². The van der Waals surface area contributed by atoms with Crippen LogP contribution in [0.25, 0.3) is 6.08 Å². The molecule has 0 aliphatic rings. The van der Waals surface area contributed by atoms with Gasteiger partial charge in [0.25, 0.3) is 0 Å². The summed E-state index contributed by atoms with van der Waals surface area (Å²) in [5, 5.41) is 12.0. The molecule has 0 aromatic heterocycles. The maximum Gasteiger partial charge on any atom is 0.334 e. The maximum absolute atomic E-state index is 12.1. The Bertz CT molecular complexity index is 677. The molecule has 0 heterocycles. The van der Waals surface area contributed by atoms with Crippen molar-refractivity contribution in [1.82, 2.24) is 5.32 Å². The Hall–Kier alpha value is -1.99. The van der Waals surface area contributed by atoms with Crippen LogP contribution >= 0.6 is 23.4 Å². The molecule has 0 spiro atoms. The second kappa shape index (κ2) is 11.6. The molecule has 142 valence electrons. The van der Waals surface area contributed by atoms with Gasteiger partial charge in [-0.2, -0.15) is 11.8 Å². The highest BCUT2D eigenvalue weighted by molar-refractivity contribution is 7.99. The van der Waals surface area contributed by atoms with Crippen LogP contribution in [0.5, 0.6) is 0 Å². The fraction of sp³-hybridized carbons (Fsp3) is 0.389. The van der Waals surface area contributed by atoms with Gasteiger partial charge in [0.15, 0.2) is 0 Å². The predicted molar refractivity (Wildman–Crippen MR) is 103 cm³/mol. The van der Waals surface area contributed by atoms with E-state index in [1.165, 1.54) is 18.7 Å². The van der Waals surface area contributed by atoms with E-state index < -0.39 is 23.9 Å². The smallest absolute Gasteiger partial charge is 0.334 e. The number of hydrogen-bond donors (Lipinski definition) is 2. The first-order valence-electron chi connectivity index (χ1n) is 8.05. The van der Waals surface area contributed by atoms with Crippen molar-refractivity contribution in [3.05, 3.63) is 40.4 Å². The molecule has 1 atom stereocenters. The molecule has 1 aromatic carbocycles. The average Bonchev–Trinajstić information content (AvgIpc) is 2.57. The maximum atomic E-state index is 12.1. The number of carboxylic acid groups (broad SMARTS) is 1. The van der Waals surface area contributed by atoms with Gasteiger partial charge < -0.3 is 15.2 Å². The van der Waals surface area contributed by atoms with Crippen LogP contribution in [0.15, 0.2) is 29.8 Å². The van der Waals surface area contributed by atoms with Gasteiger partial charge in [-0.05, 0) is 36.8 Å². The zero-order valence-corrected chi connectivity index (χ0v) is 16.2. The van der Waals surface area contributed by atoms with Crippen molar-refractivity contribution in [2.45, 2.75) is 26.3 Å². The lowest BCUT2D eigenvalue weighted by Crippen LogP contribution is -2.39. The highest BCUT2D eigenvalue weighted by Gasteiger charge is 2.18. The Balaban J connectivity index is 2.73. The third-order valence-electron chi connectivity index (χ3n) is 3.26. The summed E-state index contributed by atoms with van der Waals surface area (Å²) in [5.74, 6) is -1.12. The fourth-order valence-corrected chi connectivity index (χ4v) is 3.21. The van der Waals surface area contributed by atoms with E-state index in [0.717, 1.165) is 0 Å². The second-order valence-electron chi connectivity index (χ2n) is 5.34. The van der Waals surface area contributed by atoms with Crippen molar-refractivity contribution in [2.75, 3.05) is 18.1 Å². The summed E-state index contributed by atoms with van der Waals surface area (Å²) in [6.07, 6.45) is 1.93. The molecule has 0 radical (unpaired) electrons. The van der Waals surface area contributed by atoms with Crippen molar-refractivity contribution in [2.24, 2.45) is 0 Å². The fourth-order valence-electron chi connectivity index (χ4n) is 2.05. The molecule has 6 nitrogen and oxygen atoms in total. The SMILES string of the molecule is CCOC(=O)C(=Cc1ccccc1Cl)CSCCC(NC(C)=O)C(=O)O. The number of amides is 1. The lowest BCUT2D eigenvalue weighted by atomic mass is 10.1. The van der Waals surface area contributed by atoms with Crippen LogP contribution in [0.4, 0.5) is 0 Å². The molecule has 2 N–H and O–H groups in total. The quantitative estimate of drug-likeness (QED) is 0.357. The van der Waals surface area contributed by atoms with Crippen molar-refractivity contribution < 1.29 is 24.2 Å². The summed E-state index contributed by atoms with van der Waals surface area (Å²) in [7, 11) is 0. The molecule has 8 heteroatoms. The van der Waals surface area contributed by atoms with E-state index in [9.17, 15) is 14.4 Å². The minimum absolute atomic E-state index is 0.252. The number of rotatable bonds is 10. The lowest BCUT2D eigenvalue weighted by Gasteiger charge is -2.13. The molecule has 0 aliphatic carbocycles. The number of nitrogens with one attached hydrogen (secondary N) is 1. The van der Waals surface area contributed by atoms with Gasteiger partial charge >= 0.3 is 11.9 Å². The zero-order valence-electron chi connectivity index (χ0n) is 14.7. The Morgan fingerprint density at radius 2 is 2.04 bits per heavy atom. The number of benzene rings is 1. The Kier molecular flexibility index (Phi) is 9.83. The monoisotopic (exact) mass is 399 g/mol. The topological polar surface area (TPSA) is 92.7 Å². The Morgan fingerprint density at radius 3 is 2.62 bits per heavy atom. The number of halogens is 1. The number of carbonyl (C=O) groups excluding carboxylic acids is 2. The first-order chi connectivity index (χ1) is 12.3. The van der Waals surface area contributed by atoms with Gasteiger partial charge in [-0.3, -0.25) is 4.79 Å². The van der Waals surface area contributed by atoms with Crippen LogP contribution < -0.4 is 5.32 Å². The number of ether oxygens (including phenoxy) is 1. The number of thioether (sulfide) groups is 1. The van der Waals surface area contributed by atoms with Gasteiger partial charge in [0.05, 0.1) is 6.61 Å². The predicted octanol–water partition coefficient (Wildman–Crippen LogP) is 3.00. The van der Waals surface area contributed by atoms with Gasteiger partial charge in [-0.15, -0.1) is 0 Å². The Morgan fingerprint density at radius 1 is 1.35 bits per heavy atom. The van der Waals surface area contributed by atoms with Gasteiger partial charge in [0.2, 0.25) is 5.91 Å². The third kappa shape index (κ3) is 7.93. The number of carbonyl (C=O) groups is 3. The summed E-state index contributed by atoms with van der Waals surface area (Å²) in [4.78, 5) is 34.3. The number of carboxylic acids is 1. The Labute approximate surface area is 161 Å². The van der Waals surface area contributed by atoms with Gasteiger partial charge in [0.1, 0.15) is 6.04 Å². The van der Waals surface area contributed by atoms with Crippen molar-refractivity contribution in [1.29, 1.82) is 0 Å². The second-order valence-corrected chi connectivity index (χ2v) is 6.86. The first kappa shape index (κ1) is 22.1. The summed E-state index contributed by atoms with van der Waals surface area (Å²) < 4.78 is 5.07. The minimum atomic E-state index is -1.09. The zero-order chi connectivity index (χ0) is 19.5. The lowest BCUT2D eigenvalue weighted by molar-refractivity contribution is -0.141. The molecular weight excluding hydrogens is 378 g/mol. The molecule has 0 bridgehead atoms. The van der Waals surface area contributed by atoms with Gasteiger partial charge in [-0.1, -0.05) is 29.8 Å². The van der Waals surface area contributed by atoms with Crippen molar-refractivity contribution in [3.8, 4) is 0 Å². The van der Waals surface area contributed by atoms with E-state index in [0.29, 0.717) is 27.7 Å². The molecule has 0 saturated carbocycles. The van der Waals surface area contributed by atoms with Crippen LogP contribution in [0, 0.1) is 0 Å². The molecule has 1 rings (SSSR count). The van der Waals surface area contributed by atoms with E-state index in [1.54, 1.807) is 31.2 Å². The summed E-state index contributed by atoms with van der Waals surface area (Å²) in [6.45, 7) is 3.25. The van der Waals surface area contributed by atoms with E-state index >= 15 is 0 Å². The number of hydrogen-bond acceptors (Lipinski definition) is 5. The molecule has 1 unspecified atom stereocenters. The molecular formula is C18H22ClNO5S. The summed E-state index contributed by atoms with van der Waals surface area (Å²) in [6, 6.07) is 6.20. The molecule has 0 saturated heterocycles. The van der Waals surface area contributed by atoms with Crippen molar-refractivity contribution in [3.63, 3.8) is 0 Å². The highest BCUT2D eigenvalue weighted by atomic mass is 35.5. The van der Waals surface area contributed by atoms with Gasteiger partial charge in [0, 0.05) is 23.3 Å². The number of esters is 1. The van der Waals surface area contributed by atoms with Crippen LogP contribution in [0.1, 0.15) is 25.8 Å². The van der Waals surface area contributed by atoms with Gasteiger partial charge in [-0.25, -0.2) is 9.59 Å². The normalized spacial score (nSPS) is 12.3. The van der Waals surface area contributed by atoms with Crippen LogP contribution in [-0.2, 0) is 19.1 Å². The molecule has 0 fully saturated rings. The third-order valence-corrected chi connectivity index (χ3v) is 4.64. The largest absolute Gasteiger partial charge is 0.480 e. The molecule has 26 heavy (non-hydrogen) atoms. The van der Waals surface area contributed by atoms with E-state index in [1.807, 2.05) is 6.07 Å². The molecule has 1 amide bonds. The summed E-state index contributed by atoms with van der Waals surface area (Å²) >= 11 is 7.51. The first-order valence-corrected chi connectivity index (χ1v) is 9.58. The average molecular weight is 400 g/mol. The van der Waals surface area contributed by atoms with E-state index in [4.69, 9.17) is 21.4 Å². The van der Waals surface area contributed by atoms with E-state index in [2.05, 4.69) is 5.32 Å². The van der Waals surface area contributed by atoms with Crippen LogP contribution in [0.3, 0.4) is 0 Å². The minimum Gasteiger partial charge on any atom is -0.480 e. The standard InChI is InChI=1S/C18H22ClNO5S/c1-3-25-18(24)14(10-13-6-4-5-7-15(13)19)11-26-9-8-16(17(22)23)20-12(2)21/h4-7,10,16H,3,8-9,11H2,1-2H3,(H,20,21)(H,22,23). The summed E-state index contributed by atoms with van der Waals surface area (Å²) in [5.41, 5.74) is 1.15. The number of aliphatic carboxylic acids is 1. The van der Waals surface area contributed by atoms with Crippen LogP contribution in [-0.4, -0.2) is 47.1 Å². The van der Waals surface area contributed by atoms with Crippen LogP contribution in [0.2, 0.25) is 5.02 Å². The van der Waals surface area contributed by atoms with Crippen molar-refractivity contribution >= 4 is 47.3 Å². The molecule has 0 aliphatic heterocycles. The molecule has 1 aromatic rings. The highest BCUT2D eigenvalue weighted by Crippen LogP contribution is 2.21.